The van der Waals surface area contributed by atoms with Crippen LogP contribution in [0.4, 0.5) is 10.1 Å². The summed E-state index contributed by atoms with van der Waals surface area (Å²) in [5.41, 5.74) is 0.563. The number of rotatable bonds is 4. The van der Waals surface area contributed by atoms with Crippen molar-refractivity contribution in [2.24, 2.45) is 0 Å². The van der Waals surface area contributed by atoms with Crippen LogP contribution >= 0.6 is 0 Å². The molecule has 1 atom stereocenters. The molecule has 1 aromatic rings. The zero-order valence-electron chi connectivity index (χ0n) is 11.6. The Kier molecular flexibility index (Phi) is 4.84. The first-order valence-electron chi connectivity index (χ1n) is 6.86. The minimum Gasteiger partial charge on any atom is -0.325 e. The summed E-state index contributed by atoms with van der Waals surface area (Å²) in [7, 11) is 0. The molecule has 1 fully saturated rings. The van der Waals surface area contributed by atoms with Gasteiger partial charge in [-0.1, -0.05) is 6.42 Å². The van der Waals surface area contributed by atoms with Crippen LogP contribution in [0, 0.1) is 5.82 Å². The molecule has 1 aromatic carbocycles. The summed E-state index contributed by atoms with van der Waals surface area (Å²) in [5, 5.41) is 2.72. The molecule has 1 unspecified atom stereocenters. The lowest BCUT2D eigenvalue weighted by atomic mass is 9.99. The fourth-order valence-corrected chi connectivity index (χ4v) is 2.56. The summed E-state index contributed by atoms with van der Waals surface area (Å²) in [5.74, 6) is -0.403. The van der Waals surface area contributed by atoms with Crippen LogP contribution in [0.1, 0.15) is 26.2 Å². The van der Waals surface area contributed by atoms with E-state index in [0.29, 0.717) is 5.69 Å². The van der Waals surface area contributed by atoms with E-state index < -0.39 is 0 Å². The summed E-state index contributed by atoms with van der Waals surface area (Å²) in [6.07, 6.45) is 2.85. The van der Waals surface area contributed by atoms with E-state index in [1.54, 1.807) is 6.92 Å². The summed E-state index contributed by atoms with van der Waals surface area (Å²) < 4.78 is 12.8. The number of nitrogens with zero attached hydrogens (tertiary/aromatic N) is 1. The van der Waals surface area contributed by atoms with Gasteiger partial charge in [-0.05, 0) is 50.6 Å². The molecule has 1 aliphatic rings. The van der Waals surface area contributed by atoms with E-state index >= 15 is 0 Å². The molecule has 108 valence electrons. The van der Waals surface area contributed by atoms with Gasteiger partial charge in [-0.3, -0.25) is 14.5 Å². The molecule has 20 heavy (non-hydrogen) atoms. The smallest absolute Gasteiger partial charge is 0.238 e. The van der Waals surface area contributed by atoms with Gasteiger partial charge in [0, 0.05) is 5.69 Å². The Balaban J connectivity index is 1.92. The fraction of sp³-hybridized carbons (Fsp3) is 0.467. The first kappa shape index (κ1) is 14.7. The Morgan fingerprint density at radius 1 is 1.30 bits per heavy atom. The average molecular weight is 278 g/mol. The monoisotopic (exact) mass is 278 g/mol. The van der Waals surface area contributed by atoms with Crippen molar-refractivity contribution in [3.63, 3.8) is 0 Å². The first-order valence-corrected chi connectivity index (χ1v) is 6.86. The molecule has 5 heteroatoms. The zero-order valence-corrected chi connectivity index (χ0v) is 11.6. The van der Waals surface area contributed by atoms with Gasteiger partial charge in [-0.2, -0.15) is 0 Å². The van der Waals surface area contributed by atoms with Gasteiger partial charge in [-0.25, -0.2) is 4.39 Å². The van der Waals surface area contributed by atoms with Crippen LogP contribution in [0.3, 0.4) is 0 Å². The SMILES string of the molecule is CC(=O)C1CCCCN1CC(=O)Nc1ccc(F)cc1. The van der Waals surface area contributed by atoms with Gasteiger partial charge in [0.2, 0.25) is 5.91 Å². The zero-order chi connectivity index (χ0) is 14.5. The van der Waals surface area contributed by atoms with Gasteiger partial charge in [-0.15, -0.1) is 0 Å². The number of hydrogen-bond acceptors (Lipinski definition) is 3. The second kappa shape index (κ2) is 6.61. The van der Waals surface area contributed by atoms with E-state index in [4.69, 9.17) is 0 Å². The minimum absolute atomic E-state index is 0.110. The number of halogens is 1. The molecule has 2 rings (SSSR count). The molecule has 1 aliphatic heterocycles. The van der Waals surface area contributed by atoms with Crippen LogP contribution in [0.25, 0.3) is 0 Å². The van der Waals surface area contributed by atoms with E-state index in [-0.39, 0.29) is 30.1 Å². The number of nitrogens with one attached hydrogen (secondary N) is 1. The predicted molar refractivity (Wildman–Crippen MR) is 74.9 cm³/mol. The number of anilines is 1. The average Bonchev–Trinajstić information content (AvgIpc) is 2.41. The van der Waals surface area contributed by atoms with Crippen LogP contribution in [0.15, 0.2) is 24.3 Å². The van der Waals surface area contributed by atoms with Gasteiger partial charge < -0.3 is 5.32 Å². The molecule has 0 aliphatic carbocycles. The van der Waals surface area contributed by atoms with Gasteiger partial charge in [0.25, 0.3) is 0 Å². The Labute approximate surface area is 118 Å². The maximum atomic E-state index is 12.8. The summed E-state index contributed by atoms with van der Waals surface area (Å²) in [6.45, 7) is 2.53. The van der Waals surface area contributed by atoms with Crippen molar-refractivity contribution in [2.45, 2.75) is 32.2 Å². The lowest BCUT2D eigenvalue weighted by molar-refractivity contribution is -0.125. The Morgan fingerprint density at radius 3 is 2.65 bits per heavy atom. The van der Waals surface area contributed by atoms with Crippen molar-refractivity contribution in [1.29, 1.82) is 0 Å². The van der Waals surface area contributed by atoms with Crippen molar-refractivity contribution < 1.29 is 14.0 Å². The van der Waals surface area contributed by atoms with E-state index in [1.807, 2.05) is 4.90 Å². The number of benzene rings is 1. The van der Waals surface area contributed by atoms with E-state index in [0.717, 1.165) is 25.8 Å². The number of amides is 1. The van der Waals surface area contributed by atoms with Gasteiger partial charge >= 0.3 is 0 Å². The molecule has 0 aromatic heterocycles. The maximum absolute atomic E-state index is 12.8. The second-order valence-corrected chi connectivity index (χ2v) is 5.15. The van der Waals surface area contributed by atoms with Crippen molar-refractivity contribution >= 4 is 17.4 Å². The third-order valence-corrected chi connectivity index (χ3v) is 3.56. The molecule has 1 N–H and O–H groups in total. The standard InChI is InChI=1S/C15H19FN2O2/c1-11(19)14-4-2-3-9-18(14)10-15(20)17-13-7-5-12(16)6-8-13/h5-8,14H,2-4,9-10H2,1H3,(H,17,20). The number of Topliss-reactive ketones (excluding diaryl/α,β-unsaturated/α-hetero) is 1. The topological polar surface area (TPSA) is 49.4 Å². The highest BCUT2D eigenvalue weighted by Crippen LogP contribution is 2.17. The normalized spacial score (nSPS) is 19.6. The number of carbonyl (C=O) groups is 2. The molecular formula is C15H19FN2O2. The number of ketones is 1. The van der Waals surface area contributed by atoms with Crippen LogP contribution in [0.5, 0.6) is 0 Å². The molecule has 0 radical (unpaired) electrons. The number of carbonyl (C=O) groups excluding carboxylic acids is 2. The van der Waals surface area contributed by atoms with Gasteiger partial charge in [0.05, 0.1) is 12.6 Å². The van der Waals surface area contributed by atoms with Crippen molar-refractivity contribution in [2.75, 3.05) is 18.4 Å². The number of likely N-dealkylation sites (tertiary alicyclic amines) is 1. The summed E-state index contributed by atoms with van der Waals surface area (Å²) in [4.78, 5) is 25.5. The lowest BCUT2D eigenvalue weighted by Gasteiger charge is -2.33. The summed E-state index contributed by atoms with van der Waals surface area (Å²) in [6, 6.07) is 5.49. The highest BCUT2D eigenvalue weighted by atomic mass is 19.1. The lowest BCUT2D eigenvalue weighted by Crippen LogP contribution is -2.47. The van der Waals surface area contributed by atoms with Gasteiger partial charge in [0.1, 0.15) is 11.6 Å². The van der Waals surface area contributed by atoms with Crippen molar-refractivity contribution in [1.82, 2.24) is 4.90 Å². The van der Waals surface area contributed by atoms with Crippen LogP contribution in [0.2, 0.25) is 0 Å². The Hall–Kier alpha value is -1.75. The first-order chi connectivity index (χ1) is 9.56. The molecular weight excluding hydrogens is 259 g/mol. The molecule has 4 nitrogen and oxygen atoms in total. The van der Waals surface area contributed by atoms with E-state index in [1.165, 1.54) is 24.3 Å². The Bertz CT molecular complexity index is 487. The second-order valence-electron chi connectivity index (χ2n) is 5.15. The Morgan fingerprint density at radius 2 is 2.00 bits per heavy atom. The van der Waals surface area contributed by atoms with Gasteiger partial charge in [0.15, 0.2) is 0 Å². The molecule has 0 saturated carbocycles. The van der Waals surface area contributed by atoms with Crippen molar-refractivity contribution in [3.05, 3.63) is 30.1 Å². The quantitative estimate of drug-likeness (QED) is 0.918. The fourth-order valence-electron chi connectivity index (χ4n) is 2.56. The third-order valence-electron chi connectivity index (χ3n) is 3.56. The number of hydrogen-bond donors (Lipinski definition) is 1. The van der Waals surface area contributed by atoms with E-state index in [9.17, 15) is 14.0 Å². The molecule has 0 spiro atoms. The van der Waals surface area contributed by atoms with Crippen molar-refractivity contribution in [3.8, 4) is 0 Å². The highest BCUT2D eigenvalue weighted by molar-refractivity contribution is 5.92. The third kappa shape index (κ3) is 3.87. The molecule has 0 bridgehead atoms. The molecule has 1 saturated heterocycles. The minimum atomic E-state index is -0.337. The van der Waals surface area contributed by atoms with Crippen LogP contribution in [-0.2, 0) is 9.59 Å². The number of piperidine rings is 1. The highest BCUT2D eigenvalue weighted by Gasteiger charge is 2.27. The predicted octanol–water partition coefficient (Wildman–Crippen LogP) is 2.21. The molecule has 1 amide bonds. The maximum Gasteiger partial charge on any atom is 0.238 e. The van der Waals surface area contributed by atoms with E-state index in [2.05, 4.69) is 5.32 Å². The molecule has 1 heterocycles. The van der Waals surface area contributed by atoms with Crippen LogP contribution < -0.4 is 5.32 Å². The summed E-state index contributed by atoms with van der Waals surface area (Å²) >= 11 is 0. The largest absolute Gasteiger partial charge is 0.325 e. The van der Waals surface area contributed by atoms with Crippen LogP contribution in [-0.4, -0.2) is 35.7 Å².